The zero-order valence-corrected chi connectivity index (χ0v) is 12.1. The van der Waals surface area contributed by atoms with E-state index >= 15 is 0 Å². The summed E-state index contributed by atoms with van der Waals surface area (Å²) in [6.45, 7) is 0. The van der Waals surface area contributed by atoms with Crippen LogP contribution in [0.4, 0.5) is 5.69 Å². The van der Waals surface area contributed by atoms with E-state index in [1.807, 2.05) is 0 Å². The van der Waals surface area contributed by atoms with Gasteiger partial charge in [-0.3, -0.25) is 9.71 Å². The number of fused-ring (bicyclic) bond motifs is 1. The van der Waals surface area contributed by atoms with Crippen LogP contribution in [0.5, 0.6) is 0 Å². The molecule has 6 nitrogen and oxygen atoms in total. The number of thiophene rings is 1. The highest BCUT2D eigenvalue weighted by Crippen LogP contribution is 2.29. The highest BCUT2D eigenvalue weighted by atomic mass is 35.5. The zero-order chi connectivity index (χ0) is 14.3. The Labute approximate surface area is 122 Å². The van der Waals surface area contributed by atoms with Gasteiger partial charge in [0.15, 0.2) is 5.58 Å². The Morgan fingerprint density at radius 3 is 2.85 bits per heavy atom. The molecule has 0 saturated carbocycles. The number of hydrogen-bond donors (Lipinski definition) is 2. The minimum atomic E-state index is -3.69. The number of aromatic amines is 1. The van der Waals surface area contributed by atoms with Crippen molar-refractivity contribution in [3.8, 4) is 0 Å². The Kier molecular flexibility index (Phi) is 3.08. The fourth-order valence-corrected chi connectivity index (χ4v) is 3.98. The van der Waals surface area contributed by atoms with Crippen LogP contribution in [-0.2, 0) is 10.0 Å². The summed E-state index contributed by atoms with van der Waals surface area (Å²) in [5, 5.41) is 1.80. The number of nitrogens with one attached hydrogen (secondary N) is 2. The molecular weight excluding hydrogens is 324 g/mol. The van der Waals surface area contributed by atoms with E-state index in [2.05, 4.69) is 9.71 Å². The molecule has 104 valence electrons. The lowest BCUT2D eigenvalue weighted by Gasteiger charge is -2.07. The maximum atomic E-state index is 12.1. The lowest BCUT2D eigenvalue weighted by molar-refractivity contribution is 0.555. The molecule has 0 fully saturated rings. The minimum absolute atomic E-state index is 0.139. The molecule has 2 aromatic heterocycles. The van der Waals surface area contributed by atoms with Gasteiger partial charge >= 0.3 is 5.76 Å². The molecule has 0 amide bonds. The maximum Gasteiger partial charge on any atom is 0.417 e. The first-order chi connectivity index (χ1) is 9.45. The average Bonchev–Trinajstić information content (AvgIpc) is 2.98. The third-order valence-electron chi connectivity index (χ3n) is 2.51. The summed E-state index contributed by atoms with van der Waals surface area (Å²) in [5.74, 6) is -0.630. The highest BCUT2D eigenvalue weighted by molar-refractivity contribution is 7.94. The summed E-state index contributed by atoms with van der Waals surface area (Å²) in [7, 11) is -3.69. The number of H-pyrrole nitrogens is 1. The van der Waals surface area contributed by atoms with Crippen molar-refractivity contribution in [2.45, 2.75) is 4.21 Å². The van der Waals surface area contributed by atoms with Gasteiger partial charge in [-0.25, -0.2) is 13.2 Å². The fourth-order valence-electron chi connectivity index (χ4n) is 1.66. The maximum absolute atomic E-state index is 12.1. The van der Waals surface area contributed by atoms with E-state index in [1.54, 1.807) is 11.4 Å². The summed E-state index contributed by atoms with van der Waals surface area (Å²) in [5.41, 5.74) is 0.798. The molecule has 2 N–H and O–H groups in total. The number of benzene rings is 1. The van der Waals surface area contributed by atoms with Crippen LogP contribution in [0.1, 0.15) is 0 Å². The summed E-state index contributed by atoms with van der Waals surface area (Å²) < 4.78 is 31.6. The summed E-state index contributed by atoms with van der Waals surface area (Å²) >= 11 is 7.07. The first-order valence-electron chi connectivity index (χ1n) is 5.34. The molecule has 0 aliphatic heterocycles. The molecule has 0 bridgehead atoms. The summed E-state index contributed by atoms with van der Waals surface area (Å²) in [4.78, 5) is 13.5. The van der Waals surface area contributed by atoms with Crippen molar-refractivity contribution in [2.24, 2.45) is 0 Å². The van der Waals surface area contributed by atoms with Crippen LogP contribution in [0.2, 0.25) is 5.02 Å². The van der Waals surface area contributed by atoms with Gasteiger partial charge in [0.2, 0.25) is 0 Å². The Morgan fingerprint density at radius 1 is 1.35 bits per heavy atom. The molecule has 0 aliphatic carbocycles. The largest absolute Gasteiger partial charge is 0.417 e. The van der Waals surface area contributed by atoms with E-state index in [-0.39, 0.29) is 20.5 Å². The van der Waals surface area contributed by atoms with Crippen LogP contribution < -0.4 is 10.5 Å². The molecule has 0 atom stereocenters. The van der Waals surface area contributed by atoms with Crippen molar-refractivity contribution >= 4 is 49.7 Å². The van der Waals surface area contributed by atoms with Gasteiger partial charge in [0.25, 0.3) is 10.0 Å². The summed E-state index contributed by atoms with van der Waals surface area (Å²) in [6, 6.07) is 5.91. The van der Waals surface area contributed by atoms with Crippen molar-refractivity contribution in [3.05, 3.63) is 45.2 Å². The number of sulfonamides is 1. The topological polar surface area (TPSA) is 92.2 Å². The SMILES string of the molecule is O=c1[nH]c2cc(NS(=O)(=O)c3cccs3)c(Cl)cc2o1. The lowest BCUT2D eigenvalue weighted by Crippen LogP contribution is -2.11. The first kappa shape index (κ1) is 13.2. The van der Waals surface area contributed by atoms with Gasteiger partial charge in [0, 0.05) is 6.07 Å². The van der Waals surface area contributed by atoms with E-state index in [0.717, 1.165) is 11.3 Å². The average molecular weight is 331 g/mol. The monoisotopic (exact) mass is 330 g/mol. The molecule has 0 aliphatic rings. The second-order valence-corrected chi connectivity index (χ2v) is 7.14. The van der Waals surface area contributed by atoms with E-state index < -0.39 is 15.8 Å². The Bertz CT molecular complexity index is 925. The number of halogens is 1. The quantitative estimate of drug-likeness (QED) is 0.772. The Balaban J connectivity index is 2.07. The molecule has 2 heterocycles. The Hall–Kier alpha value is -1.77. The second-order valence-electron chi connectivity index (χ2n) is 3.88. The van der Waals surface area contributed by atoms with E-state index in [4.69, 9.17) is 16.0 Å². The molecule has 0 unspecified atom stereocenters. The first-order valence-corrected chi connectivity index (χ1v) is 8.08. The predicted octanol–water partition coefficient (Wildman–Crippen LogP) is 2.64. The number of aromatic nitrogens is 1. The molecular formula is C11H7ClN2O4S2. The fraction of sp³-hybridized carbons (Fsp3) is 0. The number of anilines is 1. The van der Waals surface area contributed by atoms with Gasteiger partial charge in [0.1, 0.15) is 4.21 Å². The van der Waals surface area contributed by atoms with Gasteiger partial charge in [-0.2, -0.15) is 0 Å². The predicted molar refractivity (Wildman–Crippen MR) is 77.0 cm³/mol. The van der Waals surface area contributed by atoms with Crippen LogP contribution in [0.25, 0.3) is 11.1 Å². The minimum Gasteiger partial charge on any atom is -0.408 e. The number of rotatable bonds is 3. The third-order valence-corrected chi connectivity index (χ3v) is 5.59. The zero-order valence-electron chi connectivity index (χ0n) is 9.71. The molecule has 3 rings (SSSR count). The van der Waals surface area contributed by atoms with Crippen LogP contribution in [-0.4, -0.2) is 13.4 Å². The molecule has 3 aromatic rings. The molecule has 1 aromatic carbocycles. The van der Waals surface area contributed by atoms with Crippen molar-refractivity contribution in [3.63, 3.8) is 0 Å². The molecule has 9 heteroatoms. The van der Waals surface area contributed by atoms with Crippen LogP contribution >= 0.6 is 22.9 Å². The third kappa shape index (κ3) is 2.33. The highest BCUT2D eigenvalue weighted by Gasteiger charge is 2.17. The van der Waals surface area contributed by atoms with Gasteiger partial charge in [-0.1, -0.05) is 17.7 Å². The van der Waals surface area contributed by atoms with Crippen molar-refractivity contribution in [2.75, 3.05) is 4.72 Å². The van der Waals surface area contributed by atoms with Gasteiger partial charge in [0.05, 0.1) is 16.2 Å². The molecule has 0 saturated heterocycles. The van der Waals surface area contributed by atoms with Gasteiger partial charge < -0.3 is 4.42 Å². The van der Waals surface area contributed by atoms with Crippen LogP contribution in [0, 0.1) is 0 Å². The normalized spacial score (nSPS) is 11.8. The van der Waals surface area contributed by atoms with Crippen molar-refractivity contribution in [1.82, 2.24) is 4.98 Å². The van der Waals surface area contributed by atoms with E-state index in [1.165, 1.54) is 18.2 Å². The van der Waals surface area contributed by atoms with Crippen LogP contribution in [0.15, 0.2) is 43.1 Å². The molecule has 0 spiro atoms. The van der Waals surface area contributed by atoms with Gasteiger partial charge in [-0.15, -0.1) is 11.3 Å². The standard InChI is InChI=1S/C11H7ClN2O4S2/c12-6-4-9-8(13-11(15)18-9)5-7(6)14-20(16,17)10-2-1-3-19-10/h1-5,14H,(H,13,15). The van der Waals surface area contributed by atoms with Crippen molar-refractivity contribution in [1.29, 1.82) is 0 Å². The molecule has 20 heavy (non-hydrogen) atoms. The smallest absolute Gasteiger partial charge is 0.408 e. The van der Waals surface area contributed by atoms with Crippen molar-refractivity contribution < 1.29 is 12.8 Å². The van der Waals surface area contributed by atoms with Gasteiger partial charge in [-0.05, 0) is 17.5 Å². The number of hydrogen-bond acceptors (Lipinski definition) is 5. The molecule has 0 radical (unpaired) electrons. The Morgan fingerprint density at radius 2 is 2.15 bits per heavy atom. The summed E-state index contributed by atoms with van der Waals surface area (Å²) in [6.07, 6.45) is 0. The second kappa shape index (κ2) is 4.65. The van der Waals surface area contributed by atoms with E-state index in [9.17, 15) is 13.2 Å². The van der Waals surface area contributed by atoms with E-state index in [0.29, 0.717) is 5.52 Å². The number of oxazole rings is 1. The van der Waals surface area contributed by atoms with Crippen LogP contribution in [0.3, 0.4) is 0 Å². The lowest BCUT2D eigenvalue weighted by atomic mass is 10.3.